The highest BCUT2D eigenvalue weighted by atomic mass is 19.4. The van der Waals surface area contributed by atoms with Crippen molar-refractivity contribution in [2.45, 2.75) is 39.3 Å². The van der Waals surface area contributed by atoms with Gasteiger partial charge in [-0.05, 0) is 30.0 Å². The van der Waals surface area contributed by atoms with E-state index >= 15 is 0 Å². The predicted octanol–water partition coefficient (Wildman–Crippen LogP) is 5.16. The van der Waals surface area contributed by atoms with Crippen LogP contribution in [-0.2, 0) is 11.6 Å². The molecule has 0 fully saturated rings. The average molecular weight is 360 g/mol. The van der Waals surface area contributed by atoms with Gasteiger partial charge < -0.3 is 0 Å². The van der Waals surface area contributed by atoms with E-state index in [1.165, 1.54) is 0 Å². The molecule has 0 bridgehead atoms. The quantitative estimate of drug-likeness (QED) is 0.687. The summed E-state index contributed by atoms with van der Waals surface area (Å²) in [6, 6.07) is 9.42. The van der Waals surface area contributed by atoms with Crippen LogP contribution in [0.15, 0.2) is 36.4 Å². The highest BCUT2D eigenvalue weighted by Gasteiger charge is 2.32. The fourth-order valence-corrected chi connectivity index (χ4v) is 2.55. The molecule has 4 nitrogen and oxygen atoms in total. The standard InChI is InChI=1S/C19H19F3N4/c1-11-23-17(26-25-11)16-10-14(19(20,21)22)9-15(24-16)12-5-7-13(8-6-12)18(2,3)4/h5-10H,1-4H3,(H,23,25,26). The highest BCUT2D eigenvalue weighted by Crippen LogP contribution is 2.34. The number of H-pyrrole nitrogens is 1. The molecule has 7 heteroatoms. The molecule has 136 valence electrons. The van der Waals surface area contributed by atoms with Crippen molar-refractivity contribution in [3.8, 4) is 22.8 Å². The summed E-state index contributed by atoms with van der Waals surface area (Å²) in [5.74, 6) is 0.649. The van der Waals surface area contributed by atoms with Crippen molar-refractivity contribution in [1.29, 1.82) is 0 Å². The van der Waals surface area contributed by atoms with Crippen LogP contribution in [0.25, 0.3) is 22.8 Å². The molecule has 0 radical (unpaired) electrons. The van der Waals surface area contributed by atoms with E-state index in [-0.39, 0.29) is 22.6 Å². The third-order valence-electron chi connectivity index (χ3n) is 4.03. The number of alkyl halides is 3. The summed E-state index contributed by atoms with van der Waals surface area (Å²) in [4.78, 5) is 8.44. The van der Waals surface area contributed by atoms with Crippen LogP contribution in [-0.4, -0.2) is 20.2 Å². The zero-order valence-electron chi connectivity index (χ0n) is 14.9. The van der Waals surface area contributed by atoms with E-state index in [0.29, 0.717) is 11.4 Å². The number of nitrogens with one attached hydrogen (secondary N) is 1. The van der Waals surface area contributed by atoms with Crippen LogP contribution in [0.2, 0.25) is 0 Å². The maximum absolute atomic E-state index is 13.3. The van der Waals surface area contributed by atoms with E-state index in [2.05, 4.69) is 40.9 Å². The molecule has 0 saturated heterocycles. The SMILES string of the molecule is Cc1nc(-c2cc(C(F)(F)F)cc(-c3ccc(C(C)(C)C)cc3)n2)n[nH]1. The fourth-order valence-electron chi connectivity index (χ4n) is 2.55. The molecule has 0 spiro atoms. The lowest BCUT2D eigenvalue weighted by Crippen LogP contribution is -2.10. The highest BCUT2D eigenvalue weighted by molar-refractivity contribution is 5.65. The first kappa shape index (κ1) is 18.1. The second-order valence-electron chi connectivity index (χ2n) is 7.20. The Morgan fingerprint density at radius 2 is 1.46 bits per heavy atom. The van der Waals surface area contributed by atoms with Crippen molar-refractivity contribution in [2.75, 3.05) is 0 Å². The Labute approximate surface area is 149 Å². The Morgan fingerprint density at radius 1 is 0.846 bits per heavy atom. The number of rotatable bonds is 2. The molecule has 1 aromatic carbocycles. The Morgan fingerprint density at radius 3 is 1.96 bits per heavy atom. The molecule has 26 heavy (non-hydrogen) atoms. The first-order chi connectivity index (χ1) is 12.0. The number of halogens is 3. The summed E-state index contributed by atoms with van der Waals surface area (Å²) < 4.78 is 40.0. The van der Waals surface area contributed by atoms with E-state index in [0.717, 1.165) is 17.7 Å². The Balaban J connectivity index is 2.11. The monoisotopic (exact) mass is 360 g/mol. The summed E-state index contributed by atoms with van der Waals surface area (Å²) in [5.41, 5.74) is 1.20. The van der Waals surface area contributed by atoms with Crippen LogP contribution < -0.4 is 0 Å². The molecule has 0 unspecified atom stereocenters. The van der Waals surface area contributed by atoms with Gasteiger partial charge >= 0.3 is 6.18 Å². The first-order valence-electron chi connectivity index (χ1n) is 8.13. The topological polar surface area (TPSA) is 54.5 Å². The number of hydrogen-bond acceptors (Lipinski definition) is 3. The van der Waals surface area contributed by atoms with Gasteiger partial charge in [0.05, 0.1) is 11.3 Å². The van der Waals surface area contributed by atoms with Crippen molar-refractivity contribution >= 4 is 0 Å². The van der Waals surface area contributed by atoms with Gasteiger partial charge in [0.15, 0.2) is 5.82 Å². The van der Waals surface area contributed by atoms with Crippen molar-refractivity contribution in [3.63, 3.8) is 0 Å². The summed E-state index contributed by atoms with van der Waals surface area (Å²) in [7, 11) is 0. The lowest BCUT2D eigenvalue weighted by Gasteiger charge is -2.19. The maximum atomic E-state index is 13.3. The third kappa shape index (κ3) is 3.76. The van der Waals surface area contributed by atoms with Crippen molar-refractivity contribution in [3.05, 3.63) is 53.3 Å². The largest absolute Gasteiger partial charge is 0.416 e. The molecule has 2 aromatic heterocycles. The van der Waals surface area contributed by atoms with E-state index in [1.807, 2.05) is 12.1 Å². The molecule has 3 rings (SSSR count). The second kappa shape index (κ2) is 6.23. The van der Waals surface area contributed by atoms with Gasteiger partial charge in [0.25, 0.3) is 0 Å². The summed E-state index contributed by atoms with van der Waals surface area (Å²) in [5, 5.41) is 6.55. The number of hydrogen-bond donors (Lipinski definition) is 1. The molecule has 3 aromatic rings. The van der Waals surface area contributed by atoms with E-state index < -0.39 is 11.7 Å². The molecule has 1 N–H and O–H groups in total. The number of aromatic amines is 1. The molecule has 0 saturated carbocycles. The molecule has 0 atom stereocenters. The minimum absolute atomic E-state index is 0.0403. The fraction of sp³-hybridized carbons (Fsp3) is 0.316. The van der Waals surface area contributed by atoms with Crippen LogP contribution >= 0.6 is 0 Å². The molecule has 0 amide bonds. The van der Waals surface area contributed by atoms with E-state index in [1.54, 1.807) is 19.1 Å². The van der Waals surface area contributed by atoms with E-state index in [9.17, 15) is 13.2 Å². The lowest BCUT2D eigenvalue weighted by molar-refractivity contribution is -0.137. The number of pyridine rings is 1. The smallest absolute Gasteiger partial charge is 0.263 e. The Kier molecular flexibility index (Phi) is 4.34. The van der Waals surface area contributed by atoms with Crippen molar-refractivity contribution in [2.24, 2.45) is 0 Å². The maximum Gasteiger partial charge on any atom is 0.416 e. The van der Waals surface area contributed by atoms with Gasteiger partial charge in [0, 0.05) is 5.56 Å². The molecule has 0 aliphatic heterocycles. The zero-order valence-corrected chi connectivity index (χ0v) is 14.9. The predicted molar refractivity (Wildman–Crippen MR) is 93.5 cm³/mol. The van der Waals surface area contributed by atoms with Gasteiger partial charge in [-0.3, -0.25) is 5.10 Å². The molecule has 2 heterocycles. The second-order valence-corrected chi connectivity index (χ2v) is 7.20. The van der Waals surface area contributed by atoms with E-state index in [4.69, 9.17) is 0 Å². The normalized spacial score (nSPS) is 12.4. The summed E-state index contributed by atoms with van der Waals surface area (Å²) >= 11 is 0. The zero-order chi connectivity index (χ0) is 19.1. The molecular weight excluding hydrogens is 341 g/mol. The van der Waals surface area contributed by atoms with Crippen LogP contribution in [0.1, 0.15) is 37.7 Å². The van der Waals surface area contributed by atoms with Crippen molar-refractivity contribution < 1.29 is 13.2 Å². The van der Waals surface area contributed by atoms with Crippen LogP contribution in [0.4, 0.5) is 13.2 Å². The van der Waals surface area contributed by atoms with Gasteiger partial charge in [0.1, 0.15) is 11.5 Å². The van der Waals surface area contributed by atoms with Crippen LogP contribution in [0.5, 0.6) is 0 Å². The minimum atomic E-state index is -4.48. The van der Waals surface area contributed by atoms with Crippen molar-refractivity contribution in [1.82, 2.24) is 20.2 Å². The van der Waals surface area contributed by atoms with Gasteiger partial charge in [-0.25, -0.2) is 9.97 Å². The first-order valence-corrected chi connectivity index (χ1v) is 8.13. The van der Waals surface area contributed by atoms with Gasteiger partial charge in [0.2, 0.25) is 0 Å². The molecule has 0 aliphatic rings. The van der Waals surface area contributed by atoms with Crippen LogP contribution in [0, 0.1) is 6.92 Å². The Hall–Kier alpha value is -2.70. The average Bonchev–Trinajstić information content (AvgIpc) is 2.99. The third-order valence-corrected chi connectivity index (χ3v) is 4.03. The molecular formula is C19H19F3N4. The van der Waals surface area contributed by atoms with Gasteiger partial charge in [-0.1, -0.05) is 45.0 Å². The summed E-state index contributed by atoms with van der Waals surface area (Å²) in [6.07, 6.45) is -4.48. The lowest BCUT2D eigenvalue weighted by atomic mass is 9.86. The number of aromatic nitrogens is 4. The number of benzene rings is 1. The molecule has 0 aliphatic carbocycles. The number of aryl methyl sites for hydroxylation is 1. The van der Waals surface area contributed by atoms with Gasteiger partial charge in [-0.2, -0.15) is 18.3 Å². The summed E-state index contributed by atoms with van der Waals surface area (Å²) in [6.45, 7) is 7.91. The minimum Gasteiger partial charge on any atom is -0.263 e. The number of nitrogens with zero attached hydrogens (tertiary/aromatic N) is 3. The Bertz CT molecular complexity index is 919. The van der Waals surface area contributed by atoms with Gasteiger partial charge in [-0.15, -0.1) is 0 Å². The van der Waals surface area contributed by atoms with Crippen LogP contribution in [0.3, 0.4) is 0 Å².